The Morgan fingerprint density at radius 3 is 2.42 bits per heavy atom. The molecule has 112 valence electrons. The molecule has 4 nitrogen and oxygen atoms in total. The minimum atomic E-state index is -0.149. The van der Waals surface area contributed by atoms with Crippen LogP contribution in [0.25, 0.3) is 0 Å². The summed E-state index contributed by atoms with van der Waals surface area (Å²) in [7, 11) is 0. The molecule has 2 aliphatic rings. The van der Waals surface area contributed by atoms with Crippen molar-refractivity contribution in [2.75, 3.05) is 39.3 Å². The number of morpholine rings is 1. The van der Waals surface area contributed by atoms with Crippen LogP contribution in [0.4, 0.5) is 0 Å². The maximum atomic E-state index is 9.63. The quantitative estimate of drug-likeness (QED) is 0.832. The summed E-state index contributed by atoms with van der Waals surface area (Å²) in [4.78, 5) is 5.02. The normalized spacial score (nSPS) is 29.8. The summed E-state index contributed by atoms with van der Waals surface area (Å²) in [5.74, 6) is 0.496. The van der Waals surface area contributed by atoms with Crippen molar-refractivity contribution in [1.82, 2.24) is 9.80 Å². The second kappa shape index (κ2) is 7.02. The SMILES string of the molecule is CC(O)C1CCN(CC2CN(C(C)C)CCO2)CC1. The molecule has 0 aromatic carbocycles. The van der Waals surface area contributed by atoms with E-state index < -0.39 is 0 Å². The Balaban J connectivity index is 1.73. The smallest absolute Gasteiger partial charge is 0.0829 e. The molecule has 0 saturated carbocycles. The van der Waals surface area contributed by atoms with Crippen LogP contribution in [0.3, 0.4) is 0 Å². The molecular weight excluding hydrogens is 240 g/mol. The van der Waals surface area contributed by atoms with Gasteiger partial charge in [0.15, 0.2) is 0 Å². The van der Waals surface area contributed by atoms with Crippen LogP contribution in [-0.4, -0.2) is 72.5 Å². The Morgan fingerprint density at radius 2 is 1.84 bits per heavy atom. The number of ether oxygens (including phenoxy) is 1. The fraction of sp³-hybridized carbons (Fsp3) is 1.00. The summed E-state index contributed by atoms with van der Waals surface area (Å²) in [6.45, 7) is 12.7. The molecule has 0 radical (unpaired) electrons. The number of rotatable bonds is 4. The summed E-state index contributed by atoms with van der Waals surface area (Å²) in [5, 5.41) is 9.63. The first-order valence-electron chi connectivity index (χ1n) is 7.82. The molecular formula is C15H30N2O2. The molecule has 19 heavy (non-hydrogen) atoms. The molecule has 0 spiro atoms. The first-order chi connectivity index (χ1) is 9.06. The minimum absolute atomic E-state index is 0.149. The third-order valence-corrected chi connectivity index (χ3v) is 4.68. The third kappa shape index (κ3) is 4.42. The zero-order valence-electron chi connectivity index (χ0n) is 12.7. The Bertz CT molecular complexity index is 263. The van der Waals surface area contributed by atoms with Crippen LogP contribution in [0.2, 0.25) is 0 Å². The Morgan fingerprint density at radius 1 is 1.16 bits per heavy atom. The van der Waals surface area contributed by atoms with Crippen molar-refractivity contribution in [3.05, 3.63) is 0 Å². The maximum Gasteiger partial charge on any atom is 0.0829 e. The van der Waals surface area contributed by atoms with Gasteiger partial charge in [-0.25, -0.2) is 0 Å². The van der Waals surface area contributed by atoms with Crippen molar-refractivity contribution < 1.29 is 9.84 Å². The maximum absolute atomic E-state index is 9.63. The third-order valence-electron chi connectivity index (χ3n) is 4.68. The lowest BCUT2D eigenvalue weighted by atomic mass is 9.92. The molecule has 0 aromatic heterocycles. The Kier molecular flexibility index (Phi) is 5.63. The van der Waals surface area contributed by atoms with Gasteiger partial charge in [-0.3, -0.25) is 4.90 Å². The molecule has 0 bridgehead atoms. The van der Waals surface area contributed by atoms with Crippen LogP contribution in [0.5, 0.6) is 0 Å². The highest BCUT2D eigenvalue weighted by atomic mass is 16.5. The fourth-order valence-electron chi connectivity index (χ4n) is 3.23. The number of aliphatic hydroxyl groups is 1. The van der Waals surface area contributed by atoms with E-state index in [0.717, 1.165) is 52.2 Å². The van der Waals surface area contributed by atoms with Crippen molar-refractivity contribution >= 4 is 0 Å². The molecule has 0 aliphatic carbocycles. The number of hydrogen-bond acceptors (Lipinski definition) is 4. The van der Waals surface area contributed by atoms with Gasteiger partial charge in [0.05, 0.1) is 18.8 Å². The van der Waals surface area contributed by atoms with E-state index in [1.165, 1.54) is 0 Å². The molecule has 2 rings (SSSR count). The zero-order chi connectivity index (χ0) is 13.8. The van der Waals surface area contributed by atoms with Gasteiger partial charge in [-0.2, -0.15) is 0 Å². The van der Waals surface area contributed by atoms with Crippen molar-refractivity contribution in [3.63, 3.8) is 0 Å². The molecule has 2 saturated heterocycles. The van der Waals surface area contributed by atoms with E-state index in [0.29, 0.717) is 18.1 Å². The minimum Gasteiger partial charge on any atom is -0.393 e. The summed E-state index contributed by atoms with van der Waals surface area (Å²) in [6.07, 6.45) is 2.46. The van der Waals surface area contributed by atoms with Crippen LogP contribution in [0.15, 0.2) is 0 Å². The highest BCUT2D eigenvalue weighted by Gasteiger charge is 2.27. The molecule has 2 unspecified atom stereocenters. The molecule has 2 atom stereocenters. The van der Waals surface area contributed by atoms with E-state index in [9.17, 15) is 5.11 Å². The van der Waals surface area contributed by atoms with E-state index in [4.69, 9.17) is 4.74 Å². The predicted octanol–water partition coefficient (Wildman–Crippen LogP) is 1.19. The molecule has 2 aliphatic heterocycles. The van der Waals surface area contributed by atoms with Gasteiger partial charge in [0.25, 0.3) is 0 Å². The highest BCUT2D eigenvalue weighted by molar-refractivity contribution is 4.80. The standard InChI is InChI=1S/C15H30N2O2/c1-12(2)17-8-9-19-15(11-17)10-16-6-4-14(5-7-16)13(3)18/h12-15,18H,4-11H2,1-3H3. The zero-order valence-corrected chi connectivity index (χ0v) is 12.7. The largest absolute Gasteiger partial charge is 0.393 e. The van der Waals surface area contributed by atoms with Gasteiger partial charge in [0.1, 0.15) is 0 Å². The van der Waals surface area contributed by atoms with Gasteiger partial charge in [0, 0.05) is 25.7 Å². The van der Waals surface area contributed by atoms with Crippen LogP contribution in [0.1, 0.15) is 33.6 Å². The van der Waals surface area contributed by atoms with E-state index in [2.05, 4.69) is 23.6 Å². The van der Waals surface area contributed by atoms with E-state index >= 15 is 0 Å². The lowest BCUT2D eigenvalue weighted by Gasteiger charge is -2.39. The summed E-state index contributed by atoms with van der Waals surface area (Å²) in [5.41, 5.74) is 0. The molecule has 4 heteroatoms. The molecule has 1 N–H and O–H groups in total. The molecule has 0 amide bonds. The molecule has 0 aromatic rings. The summed E-state index contributed by atoms with van der Waals surface area (Å²) >= 11 is 0. The lowest BCUT2D eigenvalue weighted by molar-refractivity contribution is -0.0571. The summed E-state index contributed by atoms with van der Waals surface area (Å²) in [6, 6.07) is 0.618. The van der Waals surface area contributed by atoms with Crippen LogP contribution >= 0.6 is 0 Å². The number of hydrogen-bond donors (Lipinski definition) is 1. The molecule has 2 heterocycles. The predicted molar refractivity (Wildman–Crippen MR) is 77.3 cm³/mol. The lowest BCUT2D eigenvalue weighted by Crippen LogP contribution is -2.51. The molecule has 2 fully saturated rings. The number of nitrogens with zero attached hydrogens (tertiary/aromatic N) is 2. The van der Waals surface area contributed by atoms with E-state index in [1.807, 2.05) is 6.92 Å². The van der Waals surface area contributed by atoms with Crippen LogP contribution in [-0.2, 0) is 4.74 Å². The van der Waals surface area contributed by atoms with Crippen molar-refractivity contribution in [2.45, 2.75) is 51.9 Å². The van der Waals surface area contributed by atoms with Crippen LogP contribution < -0.4 is 0 Å². The topological polar surface area (TPSA) is 35.9 Å². The van der Waals surface area contributed by atoms with Gasteiger partial charge in [-0.1, -0.05) is 0 Å². The summed E-state index contributed by atoms with van der Waals surface area (Å²) < 4.78 is 5.90. The average Bonchev–Trinajstić information content (AvgIpc) is 2.39. The van der Waals surface area contributed by atoms with Gasteiger partial charge in [0.2, 0.25) is 0 Å². The Hall–Kier alpha value is -0.160. The second-order valence-corrected chi connectivity index (χ2v) is 6.46. The van der Waals surface area contributed by atoms with Gasteiger partial charge in [-0.05, 0) is 52.6 Å². The van der Waals surface area contributed by atoms with Gasteiger partial charge >= 0.3 is 0 Å². The average molecular weight is 270 g/mol. The van der Waals surface area contributed by atoms with Crippen molar-refractivity contribution in [2.24, 2.45) is 5.92 Å². The second-order valence-electron chi connectivity index (χ2n) is 6.46. The van der Waals surface area contributed by atoms with Gasteiger partial charge in [-0.15, -0.1) is 0 Å². The van der Waals surface area contributed by atoms with Crippen LogP contribution in [0, 0.1) is 5.92 Å². The van der Waals surface area contributed by atoms with Gasteiger partial charge < -0.3 is 14.7 Å². The van der Waals surface area contributed by atoms with E-state index in [1.54, 1.807) is 0 Å². The first-order valence-corrected chi connectivity index (χ1v) is 7.82. The Labute approximate surface area is 117 Å². The fourth-order valence-corrected chi connectivity index (χ4v) is 3.23. The number of likely N-dealkylation sites (tertiary alicyclic amines) is 1. The monoisotopic (exact) mass is 270 g/mol. The highest BCUT2D eigenvalue weighted by Crippen LogP contribution is 2.21. The van der Waals surface area contributed by atoms with Crippen molar-refractivity contribution in [1.29, 1.82) is 0 Å². The first kappa shape index (κ1) is 15.2. The van der Waals surface area contributed by atoms with Crippen molar-refractivity contribution in [3.8, 4) is 0 Å². The number of piperidine rings is 1. The van der Waals surface area contributed by atoms with E-state index in [-0.39, 0.29) is 6.10 Å². The number of aliphatic hydroxyl groups excluding tert-OH is 1.